The lowest BCUT2D eigenvalue weighted by Gasteiger charge is -2.36. The van der Waals surface area contributed by atoms with Gasteiger partial charge in [-0.1, -0.05) is 12.1 Å². The number of aliphatic carboxylic acids is 1. The first-order valence-electron chi connectivity index (χ1n) is 8.25. The Morgan fingerprint density at radius 2 is 1.77 bits per heavy atom. The topological polar surface area (TPSA) is 66.8 Å². The average molecular weight is 373 g/mol. The number of carboxylic acid groups (broad SMARTS) is 1. The summed E-state index contributed by atoms with van der Waals surface area (Å²) >= 11 is 0. The van der Waals surface area contributed by atoms with Crippen molar-refractivity contribution in [2.45, 2.75) is 57.3 Å². The molecule has 1 saturated heterocycles. The molecule has 5 nitrogen and oxygen atoms in total. The minimum atomic E-state index is -4.46. The van der Waals surface area contributed by atoms with E-state index in [0.717, 1.165) is 12.1 Å². The smallest absolute Gasteiger partial charge is 0.416 e. The van der Waals surface area contributed by atoms with Crippen molar-refractivity contribution in [3.05, 3.63) is 35.4 Å². The molecule has 2 rings (SSSR count). The fraction of sp³-hybridized carbons (Fsp3) is 0.556. The second-order valence-electron chi connectivity index (χ2n) is 7.44. The van der Waals surface area contributed by atoms with Gasteiger partial charge in [0.15, 0.2) is 0 Å². The van der Waals surface area contributed by atoms with Crippen LogP contribution in [0.3, 0.4) is 0 Å². The zero-order chi connectivity index (χ0) is 19.8. The van der Waals surface area contributed by atoms with E-state index in [0.29, 0.717) is 12.0 Å². The lowest BCUT2D eigenvalue weighted by Crippen LogP contribution is -2.55. The molecule has 0 bridgehead atoms. The molecule has 1 heterocycles. The molecule has 144 valence electrons. The molecule has 0 aromatic heterocycles. The quantitative estimate of drug-likeness (QED) is 0.866. The SMILES string of the molecule is CC(C)(C)OC(=O)N1CCC[C@@]1(Cc1ccc(C(F)(F)F)cc1)C(=O)O. The Morgan fingerprint density at radius 3 is 2.23 bits per heavy atom. The van der Waals surface area contributed by atoms with Crippen molar-refractivity contribution in [1.29, 1.82) is 0 Å². The second kappa shape index (κ2) is 6.81. The van der Waals surface area contributed by atoms with Crippen LogP contribution in [-0.2, 0) is 22.1 Å². The van der Waals surface area contributed by atoms with Gasteiger partial charge >= 0.3 is 18.2 Å². The minimum absolute atomic E-state index is 0.0836. The van der Waals surface area contributed by atoms with Crippen LogP contribution in [-0.4, -0.2) is 39.8 Å². The maximum absolute atomic E-state index is 12.7. The highest BCUT2D eigenvalue weighted by Gasteiger charge is 2.51. The molecule has 1 aromatic carbocycles. The van der Waals surface area contributed by atoms with Gasteiger partial charge < -0.3 is 9.84 Å². The lowest BCUT2D eigenvalue weighted by atomic mass is 9.88. The standard InChI is InChI=1S/C18H22F3NO4/c1-16(2,3)26-15(25)22-10-4-9-17(22,14(23)24)11-12-5-7-13(8-6-12)18(19,20)21/h5-8H,4,9-11H2,1-3H3,(H,23,24)/t17-/m1/s1. The first-order chi connectivity index (χ1) is 11.8. The van der Waals surface area contributed by atoms with Gasteiger partial charge in [-0.25, -0.2) is 9.59 Å². The number of ether oxygens (including phenoxy) is 1. The van der Waals surface area contributed by atoms with Crippen molar-refractivity contribution in [3.8, 4) is 0 Å². The van der Waals surface area contributed by atoms with Crippen LogP contribution in [0, 0.1) is 0 Å². The molecule has 0 radical (unpaired) electrons. The van der Waals surface area contributed by atoms with Crippen molar-refractivity contribution >= 4 is 12.1 Å². The highest BCUT2D eigenvalue weighted by atomic mass is 19.4. The molecular weight excluding hydrogens is 351 g/mol. The summed E-state index contributed by atoms with van der Waals surface area (Å²) in [6.45, 7) is 5.26. The van der Waals surface area contributed by atoms with Crippen LogP contribution in [0.1, 0.15) is 44.7 Å². The van der Waals surface area contributed by atoms with Crippen LogP contribution < -0.4 is 0 Å². The van der Waals surface area contributed by atoms with Crippen molar-refractivity contribution in [2.24, 2.45) is 0 Å². The van der Waals surface area contributed by atoms with E-state index in [9.17, 15) is 27.9 Å². The Bertz CT molecular complexity index is 679. The predicted octanol–water partition coefficient (Wildman–Crippen LogP) is 4.10. The highest BCUT2D eigenvalue weighted by Crippen LogP contribution is 2.35. The molecule has 1 aliphatic heterocycles. The van der Waals surface area contributed by atoms with E-state index >= 15 is 0 Å². The van der Waals surface area contributed by atoms with Crippen LogP contribution in [0.15, 0.2) is 24.3 Å². The molecule has 1 fully saturated rings. The molecule has 1 N–H and O–H groups in total. The Balaban J connectivity index is 2.29. The van der Waals surface area contributed by atoms with E-state index in [-0.39, 0.29) is 19.4 Å². The third-order valence-electron chi connectivity index (χ3n) is 4.28. The molecule has 0 aliphatic carbocycles. The fourth-order valence-electron chi connectivity index (χ4n) is 3.09. The monoisotopic (exact) mass is 373 g/mol. The van der Waals surface area contributed by atoms with Gasteiger partial charge in [-0.2, -0.15) is 13.2 Å². The summed E-state index contributed by atoms with van der Waals surface area (Å²) < 4.78 is 43.4. The first kappa shape index (κ1) is 20.1. The van der Waals surface area contributed by atoms with Crippen molar-refractivity contribution in [2.75, 3.05) is 6.54 Å². The molecule has 8 heteroatoms. The molecule has 1 atom stereocenters. The number of halogens is 3. The summed E-state index contributed by atoms with van der Waals surface area (Å²) in [5.41, 5.74) is -2.70. The molecular formula is C18H22F3NO4. The summed E-state index contributed by atoms with van der Waals surface area (Å²) in [5.74, 6) is -1.19. The number of hydrogen-bond donors (Lipinski definition) is 1. The van der Waals surface area contributed by atoms with Gasteiger partial charge in [-0.3, -0.25) is 4.90 Å². The number of carboxylic acids is 1. The van der Waals surface area contributed by atoms with Gasteiger partial charge in [-0.05, 0) is 51.3 Å². The summed E-state index contributed by atoms with van der Waals surface area (Å²) in [4.78, 5) is 25.6. The van der Waals surface area contributed by atoms with Crippen LogP contribution in [0.2, 0.25) is 0 Å². The number of benzene rings is 1. The molecule has 0 unspecified atom stereocenters. The number of hydrogen-bond acceptors (Lipinski definition) is 3. The van der Waals surface area contributed by atoms with Gasteiger partial charge in [-0.15, -0.1) is 0 Å². The average Bonchev–Trinajstić information content (AvgIpc) is 2.90. The van der Waals surface area contributed by atoms with Crippen LogP contribution in [0.25, 0.3) is 0 Å². The molecule has 1 aromatic rings. The normalized spacial score (nSPS) is 20.9. The second-order valence-corrected chi connectivity index (χ2v) is 7.44. The van der Waals surface area contributed by atoms with E-state index in [1.54, 1.807) is 20.8 Å². The predicted molar refractivity (Wildman–Crippen MR) is 87.7 cm³/mol. The van der Waals surface area contributed by atoms with Gasteiger partial charge in [0.05, 0.1) is 5.56 Å². The van der Waals surface area contributed by atoms with E-state index in [1.165, 1.54) is 17.0 Å². The van der Waals surface area contributed by atoms with Crippen molar-refractivity contribution < 1.29 is 32.6 Å². The number of rotatable bonds is 3. The zero-order valence-electron chi connectivity index (χ0n) is 14.9. The van der Waals surface area contributed by atoms with Crippen molar-refractivity contribution in [3.63, 3.8) is 0 Å². The van der Waals surface area contributed by atoms with Gasteiger partial charge in [0, 0.05) is 13.0 Å². The number of likely N-dealkylation sites (tertiary alicyclic amines) is 1. The fourth-order valence-corrected chi connectivity index (χ4v) is 3.09. The minimum Gasteiger partial charge on any atom is -0.479 e. The lowest BCUT2D eigenvalue weighted by molar-refractivity contribution is -0.149. The van der Waals surface area contributed by atoms with E-state index in [2.05, 4.69) is 0 Å². The molecule has 1 aliphatic rings. The van der Waals surface area contributed by atoms with Gasteiger partial charge in [0.1, 0.15) is 11.1 Å². The van der Waals surface area contributed by atoms with Crippen LogP contribution in [0.5, 0.6) is 0 Å². The van der Waals surface area contributed by atoms with Crippen LogP contribution >= 0.6 is 0 Å². The molecule has 0 spiro atoms. The molecule has 26 heavy (non-hydrogen) atoms. The Kier molecular flexibility index (Phi) is 5.26. The number of carbonyl (C=O) groups is 2. The maximum Gasteiger partial charge on any atom is 0.416 e. The first-order valence-corrected chi connectivity index (χ1v) is 8.25. The summed E-state index contributed by atoms with van der Waals surface area (Å²) in [6.07, 6.45) is -4.59. The van der Waals surface area contributed by atoms with Gasteiger partial charge in [0.25, 0.3) is 0 Å². The molecule has 1 amide bonds. The third kappa shape index (κ3) is 4.28. The van der Waals surface area contributed by atoms with Gasteiger partial charge in [0.2, 0.25) is 0 Å². The number of amides is 1. The molecule has 0 saturated carbocycles. The highest BCUT2D eigenvalue weighted by molar-refractivity contribution is 5.85. The van der Waals surface area contributed by atoms with E-state index in [4.69, 9.17) is 4.74 Å². The van der Waals surface area contributed by atoms with E-state index < -0.39 is 34.9 Å². The van der Waals surface area contributed by atoms with Crippen molar-refractivity contribution in [1.82, 2.24) is 4.90 Å². The summed E-state index contributed by atoms with van der Waals surface area (Å²) in [6, 6.07) is 4.33. The largest absolute Gasteiger partial charge is 0.479 e. The number of nitrogens with zero attached hydrogens (tertiary/aromatic N) is 1. The maximum atomic E-state index is 12.7. The number of alkyl halides is 3. The number of carbonyl (C=O) groups excluding carboxylic acids is 1. The Morgan fingerprint density at radius 1 is 1.19 bits per heavy atom. The van der Waals surface area contributed by atoms with E-state index in [1.807, 2.05) is 0 Å². The summed E-state index contributed by atoms with van der Waals surface area (Å²) in [7, 11) is 0. The van der Waals surface area contributed by atoms with Crippen LogP contribution in [0.4, 0.5) is 18.0 Å². The Hall–Kier alpha value is -2.25. The Labute approximate surface area is 149 Å². The zero-order valence-corrected chi connectivity index (χ0v) is 14.9. The summed E-state index contributed by atoms with van der Waals surface area (Å²) in [5, 5.41) is 9.80. The third-order valence-corrected chi connectivity index (χ3v) is 4.28.